The number of fused-ring (bicyclic) bond motifs is 1. The number of aromatic nitrogens is 2. The van der Waals surface area contributed by atoms with Gasteiger partial charge in [0, 0.05) is 6.07 Å². The molecule has 4 rings (SSSR count). The molecule has 1 aromatic heterocycles. The SMILES string of the molecule is COc1ccc(OC)c(-n2c(S[C@@H](C)C(=O)Nc3ccccc3OC)nc3ccccc3c2=O)c1. The molecule has 0 aliphatic heterocycles. The predicted octanol–water partition coefficient (Wildman–Crippen LogP) is 4.53. The monoisotopic (exact) mass is 491 g/mol. The number of para-hydroxylation sites is 3. The molecule has 1 heterocycles. The van der Waals surface area contributed by atoms with Crippen molar-refractivity contribution in [1.82, 2.24) is 9.55 Å². The number of amides is 1. The van der Waals surface area contributed by atoms with Gasteiger partial charge >= 0.3 is 0 Å². The van der Waals surface area contributed by atoms with Gasteiger partial charge in [-0.1, -0.05) is 36.0 Å². The van der Waals surface area contributed by atoms with Crippen molar-refractivity contribution in [3.63, 3.8) is 0 Å². The number of hydrogen-bond acceptors (Lipinski definition) is 7. The fourth-order valence-corrected chi connectivity index (χ4v) is 4.49. The Labute approximate surface area is 206 Å². The summed E-state index contributed by atoms with van der Waals surface area (Å²) in [7, 11) is 4.62. The van der Waals surface area contributed by atoms with E-state index >= 15 is 0 Å². The molecule has 0 radical (unpaired) electrons. The Morgan fingerprint density at radius 3 is 2.40 bits per heavy atom. The largest absolute Gasteiger partial charge is 0.497 e. The van der Waals surface area contributed by atoms with Gasteiger partial charge in [-0.25, -0.2) is 4.98 Å². The van der Waals surface area contributed by atoms with E-state index in [2.05, 4.69) is 5.32 Å². The number of hydrogen-bond donors (Lipinski definition) is 1. The highest BCUT2D eigenvalue weighted by Gasteiger charge is 2.23. The van der Waals surface area contributed by atoms with Crippen LogP contribution >= 0.6 is 11.8 Å². The molecule has 0 spiro atoms. The first kappa shape index (κ1) is 24.2. The molecule has 8 nitrogen and oxygen atoms in total. The van der Waals surface area contributed by atoms with Crippen LogP contribution in [0.3, 0.4) is 0 Å². The van der Waals surface area contributed by atoms with Crippen LogP contribution in [0.2, 0.25) is 0 Å². The Hall–Kier alpha value is -3.98. The number of nitrogens with zero attached hydrogens (tertiary/aromatic N) is 2. The van der Waals surface area contributed by atoms with Crippen LogP contribution in [0, 0.1) is 0 Å². The van der Waals surface area contributed by atoms with Gasteiger partial charge < -0.3 is 19.5 Å². The second-order valence-electron chi connectivity index (χ2n) is 7.54. The third-order valence-electron chi connectivity index (χ3n) is 5.39. The summed E-state index contributed by atoms with van der Waals surface area (Å²) in [6, 6.07) is 19.4. The zero-order valence-electron chi connectivity index (χ0n) is 19.8. The lowest BCUT2D eigenvalue weighted by atomic mass is 10.2. The van der Waals surface area contributed by atoms with Crippen LogP contribution in [0.1, 0.15) is 6.92 Å². The topological polar surface area (TPSA) is 91.7 Å². The fourth-order valence-electron chi connectivity index (χ4n) is 3.57. The van der Waals surface area contributed by atoms with E-state index < -0.39 is 5.25 Å². The van der Waals surface area contributed by atoms with Crippen molar-refractivity contribution in [2.45, 2.75) is 17.3 Å². The summed E-state index contributed by atoms with van der Waals surface area (Å²) in [5.41, 5.74) is 1.29. The lowest BCUT2D eigenvalue weighted by molar-refractivity contribution is -0.115. The predicted molar refractivity (Wildman–Crippen MR) is 137 cm³/mol. The lowest BCUT2D eigenvalue weighted by Gasteiger charge is -2.19. The maximum absolute atomic E-state index is 13.6. The summed E-state index contributed by atoms with van der Waals surface area (Å²) >= 11 is 1.17. The van der Waals surface area contributed by atoms with Gasteiger partial charge in [0.15, 0.2) is 5.16 Å². The molecule has 0 fully saturated rings. The molecule has 0 saturated carbocycles. The molecule has 1 N–H and O–H groups in total. The first-order chi connectivity index (χ1) is 17.0. The summed E-state index contributed by atoms with van der Waals surface area (Å²) < 4.78 is 17.7. The normalized spacial score (nSPS) is 11.7. The minimum absolute atomic E-state index is 0.258. The van der Waals surface area contributed by atoms with Crippen molar-refractivity contribution in [2.75, 3.05) is 26.6 Å². The highest BCUT2D eigenvalue weighted by Crippen LogP contribution is 2.32. The smallest absolute Gasteiger partial charge is 0.266 e. The molecule has 1 amide bonds. The van der Waals surface area contributed by atoms with Gasteiger partial charge in [0.2, 0.25) is 5.91 Å². The standard InChI is InChI=1S/C26H25N3O5S/c1-16(24(30)27-20-11-7-8-12-22(20)33-3)35-26-28-19-10-6-5-9-18(19)25(31)29(26)21-15-17(32-2)13-14-23(21)34-4/h5-16H,1-4H3,(H,27,30)/t16-/m0/s1. The number of thioether (sulfide) groups is 1. The van der Waals surface area contributed by atoms with Gasteiger partial charge in [-0.05, 0) is 43.3 Å². The quantitative estimate of drug-likeness (QED) is 0.286. The third kappa shape index (κ3) is 4.95. The Morgan fingerprint density at radius 1 is 0.943 bits per heavy atom. The van der Waals surface area contributed by atoms with Gasteiger partial charge in [-0.3, -0.25) is 14.2 Å². The van der Waals surface area contributed by atoms with Crippen molar-refractivity contribution in [2.24, 2.45) is 0 Å². The zero-order chi connectivity index (χ0) is 24.9. The third-order valence-corrected chi connectivity index (χ3v) is 6.44. The van der Waals surface area contributed by atoms with Crippen molar-refractivity contribution in [3.8, 4) is 22.9 Å². The van der Waals surface area contributed by atoms with E-state index in [4.69, 9.17) is 19.2 Å². The molecule has 1 atom stereocenters. The lowest BCUT2D eigenvalue weighted by Crippen LogP contribution is -2.26. The van der Waals surface area contributed by atoms with E-state index in [1.807, 2.05) is 18.2 Å². The van der Waals surface area contributed by atoms with E-state index in [1.165, 1.54) is 23.4 Å². The molecule has 0 unspecified atom stereocenters. The van der Waals surface area contributed by atoms with E-state index in [9.17, 15) is 9.59 Å². The Bertz CT molecular complexity index is 1440. The highest BCUT2D eigenvalue weighted by atomic mass is 32.2. The Kier molecular flexibility index (Phi) is 7.26. The van der Waals surface area contributed by atoms with Crippen LogP contribution in [0.4, 0.5) is 5.69 Å². The molecule has 3 aromatic carbocycles. The maximum atomic E-state index is 13.6. The zero-order valence-corrected chi connectivity index (χ0v) is 20.6. The van der Waals surface area contributed by atoms with Crippen LogP contribution in [0.5, 0.6) is 17.2 Å². The van der Waals surface area contributed by atoms with Crippen LogP contribution in [-0.4, -0.2) is 42.0 Å². The number of ether oxygens (including phenoxy) is 3. The van der Waals surface area contributed by atoms with Crippen LogP contribution in [0.15, 0.2) is 76.7 Å². The molecule has 0 saturated heterocycles. The number of carbonyl (C=O) groups is 1. The molecule has 0 aliphatic carbocycles. The van der Waals surface area contributed by atoms with Crippen LogP contribution in [0.25, 0.3) is 16.6 Å². The summed E-state index contributed by atoms with van der Waals surface area (Å²) in [5.74, 6) is 1.32. The van der Waals surface area contributed by atoms with Crippen molar-refractivity contribution >= 4 is 34.3 Å². The van der Waals surface area contributed by atoms with Gasteiger partial charge in [0.25, 0.3) is 5.56 Å². The molecule has 180 valence electrons. The van der Waals surface area contributed by atoms with Crippen molar-refractivity contribution in [1.29, 1.82) is 0 Å². The summed E-state index contributed by atoms with van der Waals surface area (Å²) in [6.45, 7) is 1.75. The van der Waals surface area contributed by atoms with E-state index in [-0.39, 0.29) is 11.5 Å². The highest BCUT2D eigenvalue weighted by molar-refractivity contribution is 8.00. The summed E-state index contributed by atoms with van der Waals surface area (Å²) in [6.07, 6.45) is 0. The minimum atomic E-state index is -0.587. The molecular weight excluding hydrogens is 466 g/mol. The van der Waals surface area contributed by atoms with Gasteiger partial charge in [0.1, 0.15) is 17.2 Å². The van der Waals surface area contributed by atoms with Gasteiger partial charge in [0.05, 0.1) is 48.9 Å². The van der Waals surface area contributed by atoms with Crippen LogP contribution in [-0.2, 0) is 4.79 Å². The van der Waals surface area contributed by atoms with E-state index in [0.29, 0.717) is 44.7 Å². The maximum Gasteiger partial charge on any atom is 0.266 e. The first-order valence-corrected chi connectivity index (χ1v) is 11.7. The molecule has 4 aromatic rings. The average Bonchev–Trinajstić information content (AvgIpc) is 2.88. The fraction of sp³-hybridized carbons (Fsp3) is 0.192. The molecule has 0 bridgehead atoms. The molecule has 9 heteroatoms. The molecule has 35 heavy (non-hydrogen) atoms. The average molecular weight is 492 g/mol. The number of nitrogens with one attached hydrogen (secondary N) is 1. The molecular formula is C26H25N3O5S. The van der Waals surface area contributed by atoms with Crippen molar-refractivity contribution < 1.29 is 19.0 Å². The second kappa shape index (κ2) is 10.5. The van der Waals surface area contributed by atoms with E-state index in [0.717, 1.165) is 0 Å². The number of methoxy groups -OCH3 is 3. The van der Waals surface area contributed by atoms with Gasteiger partial charge in [-0.15, -0.1) is 0 Å². The molecule has 0 aliphatic rings. The number of anilines is 1. The minimum Gasteiger partial charge on any atom is -0.497 e. The summed E-state index contributed by atoms with van der Waals surface area (Å²) in [4.78, 5) is 31.4. The number of carbonyl (C=O) groups excluding carboxylic acids is 1. The summed E-state index contributed by atoms with van der Waals surface area (Å²) in [5, 5.41) is 3.10. The van der Waals surface area contributed by atoms with Crippen molar-refractivity contribution in [3.05, 3.63) is 77.1 Å². The van der Waals surface area contributed by atoms with Gasteiger partial charge in [-0.2, -0.15) is 0 Å². The Balaban J connectivity index is 1.79. The number of benzene rings is 3. The second-order valence-corrected chi connectivity index (χ2v) is 8.85. The Morgan fingerprint density at radius 2 is 1.66 bits per heavy atom. The number of rotatable bonds is 8. The first-order valence-electron chi connectivity index (χ1n) is 10.8. The van der Waals surface area contributed by atoms with E-state index in [1.54, 1.807) is 69.7 Å². The van der Waals surface area contributed by atoms with Crippen LogP contribution < -0.4 is 25.1 Å².